The van der Waals surface area contributed by atoms with Crippen LogP contribution < -0.4 is 20.1 Å². The molecule has 3 fully saturated rings. The predicted octanol–water partition coefficient (Wildman–Crippen LogP) is 5.03. The van der Waals surface area contributed by atoms with Gasteiger partial charge in [0.1, 0.15) is 29.2 Å². The lowest BCUT2D eigenvalue weighted by molar-refractivity contribution is -0.142. The summed E-state index contributed by atoms with van der Waals surface area (Å²) < 4.78 is 42.3. The van der Waals surface area contributed by atoms with E-state index >= 15 is 0 Å². The normalized spacial score (nSPS) is 27.6. The number of hydrogen-bond acceptors (Lipinski definition) is 9. The second-order valence-electron chi connectivity index (χ2n) is 18.0. The number of allylic oxidation sites excluding steroid dienone is 2. The van der Waals surface area contributed by atoms with Crippen LogP contribution in [0, 0.1) is 23.7 Å². The van der Waals surface area contributed by atoms with Crippen molar-refractivity contribution in [3.8, 4) is 5.88 Å². The number of carbonyl (C=O) groups is 4. The quantitative estimate of drug-likeness (QED) is 0.289. The second kappa shape index (κ2) is 14.8. The van der Waals surface area contributed by atoms with Crippen LogP contribution in [0.3, 0.4) is 0 Å². The molecule has 4 heterocycles. The molecule has 14 nitrogen and oxygen atoms in total. The Labute approximate surface area is 333 Å². The van der Waals surface area contributed by atoms with Gasteiger partial charge in [-0.3, -0.25) is 19.1 Å². The van der Waals surface area contributed by atoms with E-state index in [1.807, 2.05) is 65.8 Å². The molecule has 1 aromatic carbocycles. The first-order chi connectivity index (χ1) is 26.8. The summed E-state index contributed by atoms with van der Waals surface area (Å²) in [5, 5.41) is 6.94. The largest absolute Gasteiger partial charge is 0.471 e. The molecule has 2 aliphatic heterocycles. The van der Waals surface area contributed by atoms with Crippen molar-refractivity contribution >= 4 is 55.6 Å². The Bertz CT molecular complexity index is 2270. The number of ether oxygens (including phenoxy) is 2. The predicted molar refractivity (Wildman–Crippen MR) is 216 cm³/mol. The van der Waals surface area contributed by atoms with E-state index in [0.29, 0.717) is 25.3 Å². The SMILES string of the molecule is C=C[C@@H]1C[C@]1(NC(=O)[C@@H]1C[C@@H]2CN1C(=O)[C@H](C(C)(C)C)NC(=O)OCC(C)(C)CC/C=C/Cn1cc(C)c3c4ccccc4nc(c31)O2)C(=O)NS(=O)(=O)C1CC1. The number of benzene rings is 1. The van der Waals surface area contributed by atoms with Crippen molar-refractivity contribution in [3.05, 3.63) is 60.8 Å². The molecule has 0 unspecified atom stereocenters. The Kier molecular flexibility index (Phi) is 10.4. The minimum Gasteiger partial charge on any atom is -0.471 e. The van der Waals surface area contributed by atoms with Crippen LogP contribution >= 0.6 is 0 Å². The molecule has 2 saturated carbocycles. The van der Waals surface area contributed by atoms with Crippen molar-refractivity contribution in [2.24, 2.45) is 16.7 Å². The van der Waals surface area contributed by atoms with Gasteiger partial charge in [0.25, 0.3) is 5.91 Å². The maximum atomic E-state index is 14.8. The van der Waals surface area contributed by atoms with E-state index in [0.717, 1.165) is 40.2 Å². The number of cyclic esters (lactones) is 1. The first-order valence-corrected chi connectivity index (χ1v) is 21.3. The minimum absolute atomic E-state index is 0.0273. The zero-order chi connectivity index (χ0) is 41.1. The fourth-order valence-electron chi connectivity index (χ4n) is 8.07. The smallest absolute Gasteiger partial charge is 0.407 e. The Morgan fingerprint density at radius 1 is 1.12 bits per heavy atom. The lowest BCUT2D eigenvalue weighted by atomic mass is 9.85. The van der Waals surface area contributed by atoms with Gasteiger partial charge in [0.2, 0.25) is 27.7 Å². The average molecular weight is 803 g/mol. The number of carbonyl (C=O) groups excluding carboxylic acids is 4. The summed E-state index contributed by atoms with van der Waals surface area (Å²) in [6, 6.07) is 5.56. The van der Waals surface area contributed by atoms with Crippen LogP contribution in [0.2, 0.25) is 0 Å². The van der Waals surface area contributed by atoms with Gasteiger partial charge in [0.05, 0.1) is 23.9 Å². The van der Waals surface area contributed by atoms with Gasteiger partial charge < -0.3 is 29.6 Å². The monoisotopic (exact) mass is 802 g/mol. The lowest BCUT2D eigenvalue weighted by Crippen LogP contribution is -2.60. The molecule has 7 rings (SSSR count). The molecule has 3 N–H and O–H groups in total. The van der Waals surface area contributed by atoms with Gasteiger partial charge in [0.15, 0.2) is 0 Å². The van der Waals surface area contributed by atoms with Crippen molar-refractivity contribution in [2.45, 2.75) is 116 Å². The first-order valence-electron chi connectivity index (χ1n) is 19.8. The number of sulfonamides is 1. The van der Waals surface area contributed by atoms with Crippen LogP contribution in [0.1, 0.15) is 78.7 Å². The maximum Gasteiger partial charge on any atom is 0.407 e. The molecule has 0 radical (unpaired) electrons. The zero-order valence-electron chi connectivity index (χ0n) is 33.6. The number of fused-ring (bicyclic) bond motifs is 4. The van der Waals surface area contributed by atoms with Gasteiger partial charge in [0, 0.05) is 35.9 Å². The first kappa shape index (κ1) is 40.3. The fourth-order valence-corrected chi connectivity index (χ4v) is 9.44. The van der Waals surface area contributed by atoms with Gasteiger partial charge >= 0.3 is 6.09 Å². The van der Waals surface area contributed by atoms with Crippen molar-refractivity contribution < 1.29 is 37.1 Å². The summed E-state index contributed by atoms with van der Waals surface area (Å²) in [6.07, 6.45) is 8.91. The molecule has 4 aliphatic rings. The molecule has 4 amide bonds. The van der Waals surface area contributed by atoms with Crippen LogP contribution in [0.25, 0.3) is 21.8 Å². The summed E-state index contributed by atoms with van der Waals surface area (Å²) in [7, 11) is -3.91. The van der Waals surface area contributed by atoms with E-state index in [4.69, 9.17) is 14.5 Å². The minimum atomic E-state index is -3.91. The Morgan fingerprint density at radius 2 is 1.86 bits per heavy atom. The molecular weight excluding hydrogens is 749 g/mol. The van der Waals surface area contributed by atoms with Crippen LogP contribution in [-0.2, 0) is 35.7 Å². The van der Waals surface area contributed by atoms with Crippen molar-refractivity contribution in [1.29, 1.82) is 0 Å². The number of pyridine rings is 1. The topological polar surface area (TPSA) is 178 Å². The molecule has 15 heteroatoms. The summed E-state index contributed by atoms with van der Waals surface area (Å²) in [6.45, 7) is 15.9. The fraction of sp³-hybridized carbons (Fsp3) is 0.548. The number of amides is 4. The molecule has 3 aromatic rings. The van der Waals surface area contributed by atoms with Crippen LogP contribution in [0.4, 0.5) is 4.79 Å². The maximum absolute atomic E-state index is 14.8. The van der Waals surface area contributed by atoms with Gasteiger partial charge in [-0.1, -0.05) is 71.0 Å². The van der Waals surface area contributed by atoms with E-state index in [1.54, 1.807) is 0 Å². The van der Waals surface area contributed by atoms with E-state index in [1.165, 1.54) is 11.0 Å². The Hall–Kier alpha value is -4.92. The highest BCUT2D eigenvalue weighted by Gasteiger charge is 2.62. The molecule has 1 saturated heterocycles. The number of para-hydroxylation sites is 1. The van der Waals surface area contributed by atoms with Gasteiger partial charge in [-0.15, -0.1) is 6.58 Å². The molecule has 5 atom stereocenters. The number of aryl methyl sites for hydroxylation is 1. The highest BCUT2D eigenvalue weighted by Crippen LogP contribution is 2.46. The summed E-state index contributed by atoms with van der Waals surface area (Å²) in [4.78, 5) is 62.6. The molecule has 2 bridgehead atoms. The summed E-state index contributed by atoms with van der Waals surface area (Å²) in [5.41, 5.74) is -0.180. The third-order valence-electron chi connectivity index (χ3n) is 11.7. The lowest BCUT2D eigenvalue weighted by Gasteiger charge is -2.35. The van der Waals surface area contributed by atoms with E-state index in [9.17, 15) is 27.6 Å². The molecule has 306 valence electrons. The highest BCUT2D eigenvalue weighted by atomic mass is 32.2. The summed E-state index contributed by atoms with van der Waals surface area (Å²) in [5.74, 6) is -2.20. The van der Waals surface area contributed by atoms with E-state index in [2.05, 4.69) is 44.9 Å². The summed E-state index contributed by atoms with van der Waals surface area (Å²) >= 11 is 0. The molecule has 0 spiro atoms. The Morgan fingerprint density at radius 3 is 2.54 bits per heavy atom. The molecule has 2 aliphatic carbocycles. The Balaban J connectivity index is 1.28. The number of hydrogen-bond donors (Lipinski definition) is 3. The van der Waals surface area contributed by atoms with Crippen LogP contribution in [0.15, 0.2) is 55.3 Å². The van der Waals surface area contributed by atoms with Gasteiger partial charge in [-0.05, 0) is 61.5 Å². The van der Waals surface area contributed by atoms with Crippen LogP contribution in [-0.4, -0.2) is 88.8 Å². The van der Waals surface area contributed by atoms with Gasteiger partial charge in [-0.25, -0.2) is 18.2 Å². The molecule has 57 heavy (non-hydrogen) atoms. The van der Waals surface area contributed by atoms with E-state index in [-0.39, 0.29) is 31.4 Å². The second-order valence-corrected chi connectivity index (χ2v) is 19.9. The average Bonchev–Trinajstić information content (AvgIpc) is 4.05. The third-order valence-corrected chi connectivity index (χ3v) is 13.5. The van der Waals surface area contributed by atoms with Crippen molar-refractivity contribution in [1.82, 2.24) is 29.8 Å². The third kappa shape index (κ3) is 8.12. The van der Waals surface area contributed by atoms with Crippen LogP contribution in [0.5, 0.6) is 5.88 Å². The standard InChI is InChI=1S/C42H54N6O8S/c1-8-26-21-42(26,38(51)46-57(53,54)28-16-17-28)45-35(49)31-20-27-23-48(31)37(50)34(40(3,4)5)44-39(52)55-24-41(6,7)18-12-9-13-19-47-22-25(2)32-29-14-10-11-15-30(29)43-36(56-27)33(32)47/h8-11,13-15,22,26-28,31,34H,1,12,16-21,23-24H2,2-7H3,(H,44,52)(H,45,49)(H,46,51)/b13-9+/t26-,27-,31+,34-,42-/m1/s1. The number of alkyl carbamates (subject to hydrolysis) is 1. The number of rotatable bonds is 6. The number of nitrogens with zero attached hydrogens (tertiary/aromatic N) is 3. The zero-order valence-corrected chi connectivity index (χ0v) is 34.4. The molecule has 2 aromatic heterocycles. The number of nitrogens with one attached hydrogen (secondary N) is 3. The van der Waals surface area contributed by atoms with Gasteiger partial charge in [-0.2, -0.15) is 0 Å². The van der Waals surface area contributed by atoms with Crippen molar-refractivity contribution in [3.63, 3.8) is 0 Å². The number of aromatic nitrogens is 2. The van der Waals surface area contributed by atoms with E-state index < -0.39 is 74.1 Å². The van der Waals surface area contributed by atoms with Crippen molar-refractivity contribution in [2.75, 3.05) is 13.2 Å². The highest BCUT2D eigenvalue weighted by molar-refractivity contribution is 7.91. The molecular formula is C42H54N6O8S.